The second-order valence-corrected chi connectivity index (χ2v) is 32.7. The molecular formula is C96H71Cl6N13O6+2. The lowest BCUT2D eigenvalue weighted by Gasteiger charge is -2.29. The fourth-order valence-electron chi connectivity index (χ4n) is 16.9. The number of ether oxygens (including phenoxy) is 3. The first kappa shape index (κ1) is 79.1. The minimum Gasteiger partial charge on any atom is -0.494 e. The number of aromatic amines is 3. The van der Waals surface area contributed by atoms with Crippen LogP contribution >= 0.6 is 69.6 Å². The Labute approximate surface area is 722 Å². The summed E-state index contributed by atoms with van der Waals surface area (Å²) in [7, 11) is 9.96. The van der Waals surface area contributed by atoms with Crippen LogP contribution in [-0.4, -0.2) is 76.2 Å². The molecule has 0 bridgehead atoms. The first-order valence-corrected chi connectivity index (χ1v) is 40.6. The Kier molecular flexibility index (Phi) is 20.4. The average Bonchev–Trinajstić information content (AvgIpc) is 1.60. The lowest BCUT2D eigenvalue weighted by molar-refractivity contribution is -0.115. The number of nitrogens with zero attached hydrogens (tertiary/aromatic N) is 10. The van der Waals surface area contributed by atoms with Crippen LogP contribution in [0.2, 0.25) is 30.1 Å². The van der Waals surface area contributed by atoms with Gasteiger partial charge in [0, 0.05) is 160 Å². The molecule has 3 heterocycles. The zero-order chi connectivity index (χ0) is 84.2. The number of carbonyl (C=O) groups excluding carboxylic acids is 3. The van der Waals surface area contributed by atoms with E-state index in [2.05, 4.69) is 19.9 Å². The molecule has 3 amide bonds. The second kappa shape index (κ2) is 31.3. The average molecular weight is 1720 g/mol. The third-order valence-electron chi connectivity index (χ3n) is 22.8. The number of methoxy groups -OCH3 is 3. The molecule has 0 radical (unpaired) electrons. The van der Waals surface area contributed by atoms with Crippen LogP contribution in [0.25, 0.3) is 97.7 Å². The maximum Gasteiger partial charge on any atom is 0.311 e. The van der Waals surface area contributed by atoms with Gasteiger partial charge < -0.3 is 39.0 Å². The summed E-state index contributed by atoms with van der Waals surface area (Å²) in [6.07, 6.45) is 1.73. The predicted molar refractivity (Wildman–Crippen MR) is 496 cm³/mol. The number of benzene rings is 15. The topological polar surface area (TPSA) is 207 Å². The molecular weight excluding hydrogens is 1640 g/mol. The summed E-state index contributed by atoms with van der Waals surface area (Å²) < 4.78 is 18.4. The van der Waals surface area contributed by atoms with Gasteiger partial charge in [0.05, 0.1) is 74.6 Å². The van der Waals surface area contributed by atoms with Crippen LogP contribution in [0, 0.1) is 20.8 Å². The number of aromatic nitrogens is 3. The van der Waals surface area contributed by atoms with E-state index in [1.54, 1.807) is 58.5 Å². The number of anilines is 4. The van der Waals surface area contributed by atoms with Gasteiger partial charge in [0.1, 0.15) is 28.4 Å². The highest BCUT2D eigenvalue weighted by Gasteiger charge is 2.39. The maximum atomic E-state index is 15.0. The summed E-state index contributed by atoms with van der Waals surface area (Å²) in [5.74, 6) is 0.509. The van der Waals surface area contributed by atoms with Gasteiger partial charge in [-0.05, 0) is 218 Å². The molecule has 121 heavy (non-hydrogen) atoms. The molecule has 18 rings (SSSR count). The Hall–Kier alpha value is -13.1. The van der Waals surface area contributed by atoms with Crippen LogP contribution in [0.5, 0.6) is 17.2 Å². The van der Waals surface area contributed by atoms with Crippen LogP contribution < -0.4 is 33.0 Å². The molecule has 0 fully saturated rings. The van der Waals surface area contributed by atoms with Gasteiger partial charge in [-0.3, -0.25) is 4.79 Å². The molecule has 19 nitrogen and oxygen atoms in total. The number of fused-ring (bicyclic) bond motifs is 15. The van der Waals surface area contributed by atoms with E-state index in [-0.39, 0.29) is 26.2 Å². The van der Waals surface area contributed by atoms with E-state index in [0.29, 0.717) is 143 Å². The molecule has 2 unspecified atom stereocenters. The molecule has 25 heteroatoms. The molecule has 596 valence electrons. The molecule has 3 N–H and O–H groups in total. The number of rotatable bonds is 20. The van der Waals surface area contributed by atoms with Crippen molar-refractivity contribution in [1.82, 2.24) is 23.9 Å². The lowest BCUT2D eigenvalue weighted by atomic mass is 9.99. The van der Waals surface area contributed by atoms with Crippen molar-refractivity contribution in [2.75, 3.05) is 52.3 Å². The van der Waals surface area contributed by atoms with E-state index in [9.17, 15) is 14.4 Å². The summed E-state index contributed by atoms with van der Waals surface area (Å²) in [5, 5.41) is 43.3. The molecule has 0 aliphatic carbocycles. The number of amides is 3. The molecule has 0 aliphatic rings. The van der Waals surface area contributed by atoms with Gasteiger partial charge in [0.2, 0.25) is 11.5 Å². The number of quaternary nitrogens is 2. The molecule has 0 spiro atoms. The van der Waals surface area contributed by atoms with E-state index in [0.717, 1.165) is 106 Å². The third-order valence-corrected chi connectivity index (χ3v) is 24.2. The summed E-state index contributed by atoms with van der Waals surface area (Å²) in [4.78, 5) is 57.1. The van der Waals surface area contributed by atoms with Gasteiger partial charge in [-0.25, -0.2) is 9.59 Å². The molecule has 0 saturated heterocycles. The number of azo groups is 3. The van der Waals surface area contributed by atoms with E-state index < -0.39 is 0 Å². The normalized spacial score (nSPS) is 13.0. The van der Waals surface area contributed by atoms with Crippen LogP contribution in [-0.2, 0) is 9.59 Å². The SMILES string of the molecule is COc1c(C(=O)N(C)c2ccc(Cl)cc2C)cc2ccc3c4cc(Cl)ccc4[nH]c3c2c1N=Nc1ccc(N(c2ccc(N=Nc3c(OC)c([N+](C)(C=O)c4ccc(Cl)cc4C)cc4ccc5c6cc(Cl)ccc6[nH]c5c34)cc2)c2ccc(N=Nc3c(OC)c([N+](C)(C=O)c4ccc(Cl)cc4C)cc4ccc5c6cc(Cl)ccc6[nH]c5c34)cc2)cc1. The molecule has 15 aromatic carbocycles. The predicted octanol–water partition coefficient (Wildman–Crippen LogP) is 29.8. The molecule has 0 aliphatic heterocycles. The van der Waals surface area contributed by atoms with Crippen molar-refractivity contribution < 1.29 is 28.6 Å². The quantitative estimate of drug-likeness (QED) is 0.0382. The van der Waals surface area contributed by atoms with Crippen molar-refractivity contribution in [1.29, 1.82) is 0 Å². The minimum absolute atomic E-state index is 0.211. The Morgan fingerprint density at radius 3 is 1.02 bits per heavy atom. The number of carbonyl (C=O) groups is 3. The fourth-order valence-corrected chi connectivity index (χ4v) is 18.1. The Morgan fingerprint density at radius 2 is 0.678 bits per heavy atom. The number of hydrogen-bond donors (Lipinski definition) is 3. The highest BCUT2D eigenvalue weighted by Crippen LogP contribution is 2.55. The second-order valence-electron chi connectivity index (χ2n) is 30.1. The smallest absolute Gasteiger partial charge is 0.311 e. The highest BCUT2D eigenvalue weighted by molar-refractivity contribution is 6.35. The van der Waals surface area contributed by atoms with Crippen molar-refractivity contribution in [3.8, 4) is 17.2 Å². The van der Waals surface area contributed by atoms with Crippen LogP contribution in [0.3, 0.4) is 0 Å². The zero-order valence-electron chi connectivity index (χ0n) is 66.4. The summed E-state index contributed by atoms with van der Waals surface area (Å²) in [6, 6.07) is 74.0. The van der Waals surface area contributed by atoms with E-state index in [1.165, 1.54) is 7.11 Å². The molecule has 2 atom stereocenters. The number of H-pyrrole nitrogens is 3. The van der Waals surface area contributed by atoms with Gasteiger partial charge >= 0.3 is 12.8 Å². The molecule has 3 aromatic heterocycles. The van der Waals surface area contributed by atoms with Gasteiger partial charge in [-0.1, -0.05) is 106 Å². The van der Waals surface area contributed by atoms with Gasteiger partial charge in [-0.2, -0.15) is 24.3 Å². The first-order chi connectivity index (χ1) is 58.5. The van der Waals surface area contributed by atoms with Crippen molar-refractivity contribution in [3.63, 3.8) is 0 Å². The van der Waals surface area contributed by atoms with E-state index in [1.807, 2.05) is 239 Å². The Bertz CT molecular complexity index is 7200. The monoisotopic (exact) mass is 1710 g/mol. The largest absolute Gasteiger partial charge is 0.494 e. The maximum absolute atomic E-state index is 15.0. The Morgan fingerprint density at radius 1 is 0.355 bits per heavy atom. The summed E-state index contributed by atoms with van der Waals surface area (Å²) in [6.45, 7) is 5.73. The zero-order valence-corrected chi connectivity index (χ0v) is 70.9. The number of aryl methyl sites for hydroxylation is 3. The standard InChI is InChI=1S/C96H70Cl6N13O6/c1-51-40-57(97)16-37-79(51)112(4)96(118)75-43-54-10-31-69-72-46-60(100)13-34-76(72)103-87(69)84(54)90(93(75)119-7)109-106-63-19-25-66(26-20-63)113(67-27-21-64(22-28-67)107-110-91-85-55(11-32-70-73-47-61(101)14-35-77(73)104-88(70)85)44-82(94(91)120-8)114(5,49-116)80-38-17-58(98)41-52(80)2)68-29-23-65(24-30-68)108-111-92-86-56(12-33-71-74-48-62(102)15-36-78(74)105-89(71)86)45-83(95(92)121-9)115(6,50-117)81-39-18-59(99)42-53(81)3/h10-50H,1-9H3,(H2-,103,104,105,106,107,108,118)/q+1/p+1. The Balaban J connectivity index is 0.771. The molecule has 0 saturated carbocycles. The summed E-state index contributed by atoms with van der Waals surface area (Å²) in [5.41, 5.74) is 15.2. The number of nitrogens with one attached hydrogen (secondary N) is 3. The molecule has 18 aromatic rings. The van der Waals surface area contributed by atoms with Crippen LogP contribution in [0.15, 0.2) is 267 Å². The van der Waals surface area contributed by atoms with Crippen molar-refractivity contribution in [2.45, 2.75) is 20.8 Å². The van der Waals surface area contributed by atoms with E-state index in [4.69, 9.17) is 115 Å². The first-order valence-electron chi connectivity index (χ1n) is 38.3. The van der Waals surface area contributed by atoms with Crippen molar-refractivity contribution in [2.24, 2.45) is 30.7 Å². The van der Waals surface area contributed by atoms with Gasteiger partial charge in [0.25, 0.3) is 5.91 Å². The summed E-state index contributed by atoms with van der Waals surface area (Å²) >= 11 is 39.4. The van der Waals surface area contributed by atoms with Gasteiger partial charge in [-0.15, -0.1) is 15.3 Å². The van der Waals surface area contributed by atoms with Crippen molar-refractivity contribution in [3.05, 3.63) is 289 Å². The highest BCUT2D eigenvalue weighted by atomic mass is 35.5. The fraction of sp³-hybridized carbons (Fsp3) is 0.0938. The number of hydrogen-bond acceptors (Lipinski definition) is 13. The lowest BCUT2D eigenvalue weighted by Crippen LogP contribution is -2.38. The number of halogens is 6. The minimum atomic E-state index is -0.345. The van der Waals surface area contributed by atoms with Crippen LogP contribution in [0.4, 0.5) is 79.6 Å². The van der Waals surface area contributed by atoms with Crippen molar-refractivity contribution >= 4 is 266 Å². The third kappa shape index (κ3) is 13.7. The van der Waals surface area contributed by atoms with Crippen LogP contribution in [0.1, 0.15) is 27.0 Å². The van der Waals surface area contributed by atoms with Gasteiger partial charge in [0.15, 0.2) is 17.1 Å². The van der Waals surface area contributed by atoms with E-state index >= 15 is 0 Å².